The summed E-state index contributed by atoms with van der Waals surface area (Å²) in [4.78, 5) is 28.2. The summed E-state index contributed by atoms with van der Waals surface area (Å²) in [6.07, 6.45) is 0. The van der Waals surface area contributed by atoms with Crippen LogP contribution in [0.2, 0.25) is 0 Å². The first-order valence-corrected chi connectivity index (χ1v) is 8.44. The molecular formula is C18H25FN2O4. The summed E-state index contributed by atoms with van der Waals surface area (Å²) in [6, 6.07) is 5.89. The van der Waals surface area contributed by atoms with E-state index in [4.69, 9.17) is 9.47 Å². The predicted molar refractivity (Wildman–Crippen MR) is 90.7 cm³/mol. The number of hydrogen-bond acceptors (Lipinski definition) is 5. The van der Waals surface area contributed by atoms with E-state index >= 15 is 0 Å². The molecule has 2 rings (SSSR count). The number of morpholine rings is 1. The Kier molecular flexibility index (Phi) is 7.33. The molecule has 0 N–H and O–H groups in total. The highest BCUT2D eigenvalue weighted by Gasteiger charge is 2.25. The molecule has 1 aromatic carbocycles. The third kappa shape index (κ3) is 5.51. The quantitative estimate of drug-likeness (QED) is 0.695. The Morgan fingerprint density at radius 1 is 1.32 bits per heavy atom. The minimum atomic E-state index is -0.561. The van der Waals surface area contributed by atoms with Crippen molar-refractivity contribution in [3.63, 3.8) is 0 Å². The first-order valence-electron chi connectivity index (χ1n) is 8.44. The fourth-order valence-corrected chi connectivity index (χ4v) is 2.77. The first-order chi connectivity index (χ1) is 12.0. The lowest BCUT2D eigenvalue weighted by Gasteiger charge is -2.31. The van der Waals surface area contributed by atoms with Crippen molar-refractivity contribution in [3.8, 4) is 0 Å². The zero-order valence-corrected chi connectivity index (χ0v) is 14.7. The van der Waals surface area contributed by atoms with Gasteiger partial charge in [0.1, 0.15) is 5.82 Å². The molecule has 7 heteroatoms. The van der Waals surface area contributed by atoms with Gasteiger partial charge in [0, 0.05) is 32.7 Å². The van der Waals surface area contributed by atoms with Crippen LogP contribution >= 0.6 is 0 Å². The molecule has 1 amide bonds. The first kappa shape index (κ1) is 19.3. The average molecular weight is 352 g/mol. The molecule has 1 fully saturated rings. The van der Waals surface area contributed by atoms with Gasteiger partial charge in [-0.05, 0) is 12.1 Å². The van der Waals surface area contributed by atoms with E-state index in [9.17, 15) is 14.0 Å². The van der Waals surface area contributed by atoms with Gasteiger partial charge in [-0.15, -0.1) is 0 Å². The summed E-state index contributed by atoms with van der Waals surface area (Å²) < 4.78 is 24.0. The van der Waals surface area contributed by atoms with E-state index in [1.165, 1.54) is 24.1 Å². The third-order valence-corrected chi connectivity index (χ3v) is 4.28. The van der Waals surface area contributed by atoms with E-state index in [2.05, 4.69) is 4.90 Å². The molecule has 0 saturated carbocycles. The zero-order chi connectivity index (χ0) is 18.2. The fraction of sp³-hybridized carbons (Fsp3) is 0.556. The Balaban J connectivity index is 2.08. The van der Waals surface area contributed by atoms with Crippen molar-refractivity contribution >= 4 is 11.9 Å². The normalized spacial score (nSPS) is 16.3. The molecule has 1 unspecified atom stereocenters. The van der Waals surface area contributed by atoms with Gasteiger partial charge in [-0.25, -0.2) is 4.39 Å². The number of amides is 1. The molecule has 1 aliphatic rings. The third-order valence-electron chi connectivity index (χ3n) is 4.28. The molecule has 0 radical (unpaired) electrons. The van der Waals surface area contributed by atoms with Crippen LogP contribution in [0.25, 0.3) is 0 Å². The maximum atomic E-state index is 14.0. The minimum Gasteiger partial charge on any atom is -0.469 e. The smallest absolute Gasteiger partial charge is 0.310 e. The molecular weight excluding hydrogens is 327 g/mol. The Morgan fingerprint density at radius 3 is 2.64 bits per heavy atom. The molecule has 0 aliphatic carbocycles. The number of carbonyl (C=O) groups excluding carboxylic acids is 2. The Hall–Kier alpha value is -1.99. The summed E-state index contributed by atoms with van der Waals surface area (Å²) in [6.45, 7) is 5.88. The Morgan fingerprint density at radius 2 is 2.00 bits per heavy atom. The van der Waals surface area contributed by atoms with Crippen molar-refractivity contribution in [2.75, 3.05) is 53.0 Å². The second-order valence-electron chi connectivity index (χ2n) is 6.11. The van der Waals surface area contributed by atoms with Crippen LogP contribution in [0.1, 0.15) is 17.3 Å². The van der Waals surface area contributed by atoms with Gasteiger partial charge in [0.25, 0.3) is 5.91 Å². The van der Waals surface area contributed by atoms with Gasteiger partial charge < -0.3 is 14.4 Å². The van der Waals surface area contributed by atoms with E-state index in [0.717, 1.165) is 13.1 Å². The lowest BCUT2D eigenvalue weighted by atomic mass is 10.1. The molecule has 1 atom stereocenters. The molecule has 0 spiro atoms. The van der Waals surface area contributed by atoms with Crippen LogP contribution in [0.15, 0.2) is 24.3 Å². The summed E-state index contributed by atoms with van der Waals surface area (Å²) in [5.41, 5.74) is 0.0153. The van der Waals surface area contributed by atoms with Crippen molar-refractivity contribution in [2.24, 2.45) is 5.92 Å². The highest BCUT2D eigenvalue weighted by Crippen LogP contribution is 2.13. The molecule has 1 saturated heterocycles. The van der Waals surface area contributed by atoms with E-state index in [0.29, 0.717) is 26.3 Å². The molecule has 1 aliphatic heterocycles. The standard InChI is InChI=1S/C18H25FN2O4/c1-14(18(23)24-2)13-21(8-7-20-9-11-25-12-10-20)17(22)15-5-3-4-6-16(15)19/h3-6,14H,7-13H2,1-2H3. The number of halogens is 1. The highest BCUT2D eigenvalue weighted by atomic mass is 19.1. The number of ether oxygens (including phenoxy) is 2. The molecule has 0 aromatic heterocycles. The topological polar surface area (TPSA) is 59.1 Å². The van der Waals surface area contributed by atoms with Crippen molar-refractivity contribution in [3.05, 3.63) is 35.6 Å². The number of benzene rings is 1. The van der Waals surface area contributed by atoms with Gasteiger partial charge in [-0.1, -0.05) is 19.1 Å². The number of carbonyl (C=O) groups is 2. The maximum absolute atomic E-state index is 14.0. The van der Waals surface area contributed by atoms with Crippen molar-refractivity contribution in [2.45, 2.75) is 6.92 Å². The number of methoxy groups -OCH3 is 1. The average Bonchev–Trinajstić information content (AvgIpc) is 2.64. The van der Waals surface area contributed by atoms with Gasteiger partial charge in [0.05, 0.1) is 31.8 Å². The van der Waals surface area contributed by atoms with Gasteiger partial charge >= 0.3 is 5.97 Å². The van der Waals surface area contributed by atoms with Crippen LogP contribution < -0.4 is 0 Å². The van der Waals surface area contributed by atoms with Crippen LogP contribution in [0.4, 0.5) is 4.39 Å². The second-order valence-corrected chi connectivity index (χ2v) is 6.11. The molecule has 0 bridgehead atoms. The summed E-state index contributed by atoms with van der Waals surface area (Å²) >= 11 is 0. The van der Waals surface area contributed by atoms with Crippen LogP contribution in [-0.4, -0.2) is 74.7 Å². The molecule has 25 heavy (non-hydrogen) atoms. The van der Waals surface area contributed by atoms with Crippen LogP contribution in [0.3, 0.4) is 0 Å². The summed E-state index contributed by atoms with van der Waals surface area (Å²) in [5, 5.41) is 0. The van der Waals surface area contributed by atoms with Crippen molar-refractivity contribution in [1.82, 2.24) is 9.80 Å². The second kappa shape index (κ2) is 9.48. The maximum Gasteiger partial charge on any atom is 0.310 e. The zero-order valence-electron chi connectivity index (χ0n) is 14.7. The Bertz CT molecular complexity index is 590. The van der Waals surface area contributed by atoms with Crippen LogP contribution in [0, 0.1) is 11.7 Å². The van der Waals surface area contributed by atoms with Gasteiger partial charge in [-0.2, -0.15) is 0 Å². The van der Waals surface area contributed by atoms with Crippen LogP contribution in [0.5, 0.6) is 0 Å². The minimum absolute atomic E-state index is 0.0153. The van der Waals surface area contributed by atoms with Crippen molar-refractivity contribution < 1.29 is 23.5 Å². The van der Waals surface area contributed by atoms with Gasteiger partial charge in [0.15, 0.2) is 0 Å². The predicted octanol–water partition coefficient (Wildman–Crippen LogP) is 1.41. The monoisotopic (exact) mass is 352 g/mol. The van der Waals surface area contributed by atoms with E-state index < -0.39 is 23.6 Å². The number of hydrogen-bond donors (Lipinski definition) is 0. The number of esters is 1. The lowest BCUT2D eigenvalue weighted by Crippen LogP contribution is -2.45. The summed E-state index contributed by atoms with van der Waals surface area (Å²) in [7, 11) is 1.32. The lowest BCUT2D eigenvalue weighted by molar-refractivity contribution is -0.145. The largest absolute Gasteiger partial charge is 0.469 e. The summed E-state index contributed by atoms with van der Waals surface area (Å²) in [5.74, 6) is -1.85. The molecule has 6 nitrogen and oxygen atoms in total. The van der Waals surface area contributed by atoms with E-state index in [-0.39, 0.29) is 12.1 Å². The molecule has 1 aromatic rings. The van der Waals surface area contributed by atoms with Crippen LogP contribution in [-0.2, 0) is 14.3 Å². The SMILES string of the molecule is COC(=O)C(C)CN(CCN1CCOCC1)C(=O)c1ccccc1F. The fourth-order valence-electron chi connectivity index (χ4n) is 2.77. The van der Waals surface area contributed by atoms with Gasteiger partial charge in [0.2, 0.25) is 0 Å². The van der Waals surface area contributed by atoms with Crippen molar-refractivity contribution in [1.29, 1.82) is 0 Å². The highest BCUT2D eigenvalue weighted by molar-refractivity contribution is 5.94. The van der Waals surface area contributed by atoms with E-state index in [1.807, 2.05) is 0 Å². The molecule has 1 heterocycles. The Labute approximate surface area is 147 Å². The van der Waals surface area contributed by atoms with E-state index in [1.54, 1.807) is 19.1 Å². The molecule has 138 valence electrons. The number of nitrogens with zero attached hydrogens (tertiary/aromatic N) is 2. The number of rotatable bonds is 7. The van der Waals surface area contributed by atoms with Gasteiger partial charge in [-0.3, -0.25) is 14.5 Å².